The van der Waals surface area contributed by atoms with E-state index in [4.69, 9.17) is 11.2 Å². The summed E-state index contributed by atoms with van der Waals surface area (Å²) in [6.45, 7) is 12.5. The largest absolute Gasteiger partial charge is 0.481 e. The van der Waals surface area contributed by atoms with Gasteiger partial charge in [-0.1, -0.05) is 38.8 Å². The number of ether oxygens (including phenoxy) is 1. The van der Waals surface area contributed by atoms with E-state index in [1.807, 2.05) is 12.1 Å². The fraction of sp³-hybridized carbons (Fsp3) is 0.556. The van der Waals surface area contributed by atoms with Crippen molar-refractivity contribution in [2.45, 2.75) is 53.1 Å². The minimum Gasteiger partial charge on any atom is -0.481 e. The second-order valence-corrected chi connectivity index (χ2v) is 7.11. The zero-order valence-electron chi connectivity index (χ0n) is 13.4. The minimum absolute atomic E-state index is 0.122. The lowest BCUT2D eigenvalue weighted by Crippen LogP contribution is -2.41. The topological polar surface area (TPSA) is 21.3 Å². The molecule has 0 amide bonds. The first kappa shape index (κ1) is 16.6. The average Bonchev–Trinajstić information content (AvgIpc) is 2.32. The second-order valence-electron chi connectivity index (χ2n) is 7.11. The molecule has 2 nitrogen and oxygen atoms in total. The minimum atomic E-state index is 0.122. The predicted molar refractivity (Wildman–Crippen MR) is 85.8 cm³/mol. The number of hydrogen-bond donors (Lipinski definition) is 1. The molecule has 0 aromatic heterocycles. The van der Waals surface area contributed by atoms with Crippen molar-refractivity contribution in [2.75, 3.05) is 6.61 Å². The average molecular weight is 273 g/mol. The van der Waals surface area contributed by atoms with E-state index < -0.39 is 0 Å². The van der Waals surface area contributed by atoms with Crippen LogP contribution in [0, 0.1) is 17.8 Å². The first-order valence-corrected chi connectivity index (χ1v) is 7.12. The fourth-order valence-electron chi connectivity index (χ4n) is 2.56. The summed E-state index contributed by atoms with van der Waals surface area (Å²) in [7, 11) is 0. The van der Waals surface area contributed by atoms with Crippen LogP contribution < -0.4 is 10.1 Å². The highest BCUT2D eigenvalue weighted by molar-refractivity contribution is 5.27. The van der Waals surface area contributed by atoms with Gasteiger partial charge in [0.15, 0.2) is 0 Å². The molecule has 0 heterocycles. The van der Waals surface area contributed by atoms with E-state index in [2.05, 4.69) is 58.0 Å². The molecule has 0 saturated carbocycles. The second kappa shape index (κ2) is 6.81. The highest BCUT2D eigenvalue weighted by Crippen LogP contribution is 2.27. The molecule has 1 rings (SSSR count). The molecule has 0 atom stereocenters. The summed E-state index contributed by atoms with van der Waals surface area (Å²) in [4.78, 5) is 0. The first-order valence-electron chi connectivity index (χ1n) is 7.12. The number of nitrogens with one attached hydrogen (secondary N) is 1. The summed E-state index contributed by atoms with van der Waals surface area (Å²) < 4.78 is 5.36. The van der Waals surface area contributed by atoms with E-state index >= 15 is 0 Å². The third-order valence-electron chi connectivity index (χ3n) is 2.99. The molecule has 0 aliphatic carbocycles. The molecular weight excluding hydrogens is 246 g/mol. The van der Waals surface area contributed by atoms with Gasteiger partial charge >= 0.3 is 0 Å². The molecule has 2 heteroatoms. The van der Waals surface area contributed by atoms with Gasteiger partial charge in [0, 0.05) is 12.1 Å². The van der Waals surface area contributed by atoms with Gasteiger partial charge < -0.3 is 10.1 Å². The van der Waals surface area contributed by atoms with Gasteiger partial charge in [-0.25, -0.2) is 0 Å². The van der Waals surface area contributed by atoms with Crippen LogP contribution in [0.2, 0.25) is 0 Å². The summed E-state index contributed by atoms with van der Waals surface area (Å²) in [5, 5.41) is 3.62. The lowest BCUT2D eigenvalue weighted by Gasteiger charge is -2.33. The van der Waals surface area contributed by atoms with Crippen LogP contribution in [-0.2, 0) is 6.54 Å². The van der Waals surface area contributed by atoms with Gasteiger partial charge in [-0.15, -0.1) is 6.42 Å². The van der Waals surface area contributed by atoms with E-state index in [0.29, 0.717) is 12.0 Å². The zero-order valence-corrected chi connectivity index (χ0v) is 13.4. The molecule has 0 saturated heterocycles. The molecule has 0 unspecified atom stereocenters. The summed E-state index contributed by atoms with van der Waals surface area (Å²) in [5.41, 5.74) is 1.69. The summed E-state index contributed by atoms with van der Waals surface area (Å²) >= 11 is 0. The van der Waals surface area contributed by atoms with Gasteiger partial charge in [0.05, 0.1) is 0 Å². The Balaban J connectivity index is 2.51. The summed E-state index contributed by atoms with van der Waals surface area (Å²) in [6.07, 6.45) is 6.30. The van der Waals surface area contributed by atoms with Crippen molar-refractivity contribution in [1.82, 2.24) is 5.32 Å². The van der Waals surface area contributed by atoms with Gasteiger partial charge in [0.1, 0.15) is 12.4 Å². The lowest BCUT2D eigenvalue weighted by molar-refractivity contribution is 0.240. The van der Waals surface area contributed by atoms with Crippen molar-refractivity contribution in [3.63, 3.8) is 0 Å². The van der Waals surface area contributed by atoms with Crippen molar-refractivity contribution in [2.24, 2.45) is 5.41 Å². The van der Waals surface area contributed by atoms with Crippen LogP contribution in [-0.4, -0.2) is 12.1 Å². The number of rotatable bonds is 6. The monoisotopic (exact) mass is 273 g/mol. The van der Waals surface area contributed by atoms with Crippen molar-refractivity contribution in [1.29, 1.82) is 0 Å². The molecule has 0 aliphatic rings. The van der Waals surface area contributed by atoms with E-state index in [1.54, 1.807) is 0 Å². The quantitative estimate of drug-likeness (QED) is 0.791. The van der Waals surface area contributed by atoms with Crippen LogP contribution in [0.3, 0.4) is 0 Å². The molecule has 0 spiro atoms. The zero-order chi connectivity index (χ0) is 15.2. The predicted octanol–water partition coefficient (Wildman–Crippen LogP) is 4.00. The molecule has 110 valence electrons. The van der Waals surface area contributed by atoms with Crippen LogP contribution in [0.4, 0.5) is 0 Å². The fourth-order valence-corrected chi connectivity index (χ4v) is 2.56. The Morgan fingerprint density at radius 2 is 1.70 bits per heavy atom. The maximum absolute atomic E-state index is 5.36. The van der Waals surface area contributed by atoms with Crippen LogP contribution in [0.25, 0.3) is 0 Å². The van der Waals surface area contributed by atoms with Crippen molar-refractivity contribution in [3.8, 4) is 18.1 Å². The maximum Gasteiger partial charge on any atom is 0.148 e. The smallest absolute Gasteiger partial charge is 0.148 e. The third-order valence-corrected chi connectivity index (χ3v) is 2.99. The van der Waals surface area contributed by atoms with Crippen LogP contribution in [0.5, 0.6) is 5.75 Å². The summed E-state index contributed by atoms with van der Waals surface area (Å²) in [5.74, 6) is 3.28. The van der Waals surface area contributed by atoms with Crippen molar-refractivity contribution < 1.29 is 4.74 Å². The SMILES string of the molecule is C#CCOc1ccc(CNC(C)(C)CC(C)(C)C)cc1. The number of benzene rings is 1. The van der Waals surface area contributed by atoms with Gasteiger partial charge in [-0.3, -0.25) is 0 Å². The molecule has 0 aliphatic heterocycles. The molecule has 1 aromatic carbocycles. The van der Waals surface area contributed by atoms with Crippen molar-refractivity contribution >= 4 is 0 Å². The van der Waals surface area contributed by atoms with E-state index in [0.717, 1.165) is 18.7 Å². The van der Waals surface area contributed by atoms with E-state index in [-0.39, 0.29) is 5.54 Å². The van der Waals surface area contributed by atoms with Gasteiger partial charge in [-0.05, 0) is 43.4 Å². The Hall–Kier alpha value is -1.46. The number of terminal acetylenes is 1. The third kappa shape index (κ3) is 6.63. The molecule has 0 radical (unpaired) electrons. The van der Waals surface area contributed by atoms with Crippen LogP contribution in [0.15, 0.2) is 24.3 Å². The van der Waals surface area contributed by atoms with Crippen molar-refractivity contribution in [3.05, 3.63) is 29.8 Å². The molecule has 0 fully saturated rings. The van der Waals surface area contributed by atoms with Gasteiger partial charge in [-0.2, -0.15) is 0 Å². The highest BCUT2D eigenvalue weighted by Gasteiger charge is 2.24. The van der Waals surface area contributed by atoms with E-state index in [1.165, 1.54) is 5.56 Å². The Bertz CT molecular complexity index is 446. The van der Waals surface area contributed by atoms with Gasteiger partial charge in [0.2, 0.25) is 0 Å². The highest BCUT2D eigenvalue weighted by atomic mass is 16.5. The van der Waals surface area contributed by atoms with Crippen LogP contribution >= 0.6 is 0 Å². The first-order chi connectivity index (χ1) is 9.22. The molecule has 1 aromatic rings. The number of hydrogen-bond acceptors (Lipinski definition) is 2. The standard InChI is InChI=1S/C18H27NO/c1-7-12-20-16-10-8-15(9-11-16)13-19-18(5,6)14-17(2,3)4/h1,8-11,19H,12-14H2,2-6H3. The molecular formula is C18H27NO. The van der Waals surface area contributed by atoms with E-state index in [9.17, 15) is 0 Å². The lowest BCUT2D eigenvalue weighted by atomic mass is 9.82. The molecule has 1 N–H and O–H groups in total. The Kier molecular flexibility index (Phi) is 5.65. The molecule has 0 bridgehead atoms. The Morgan fingerprint density at radius 1 is 1.10 bits per heavy atom. The maximum atomic E-state index is 5.36. The normalized spacial score (nSPS) is 12.0. The van der Waals surface area contributed by atoms with Crippen LogP contribution in [0.1, 0.15) is 46.6 Å². The summed E-state index contributed by atoms with van der Waals surface area (Å²) in [6, 6.07) is 8.08. The Labute approximate surface area is 123 Å². The molecule has 20 heavy (non-hydrogen) atoms. The Morgan fingerprint density at radius 3 is 2.20 bits per heavy atom. The van der Waals surface area contributed by atoms with Gasteiger partial charge in [0.25, 0.3) is 0 Å².